The molecule has 0 aliphatic rings. The molecule has 5 nitrogen and oxygen atoms in total. The van der Waals surface area contributed by atoms with Crippen LogP contribution in [0.3, 0.4) is 0 Å². The second-order valence-electron chi connectivity index (χ2n) is 3.56. The highest BCUT2D eigenvalue weighted by atomic mass is 19.4. The summed E-state index contributed by atoms with van der Waals surface area (Å²) in [4.78, 5) is 22.1. The van der Waals surface area contributed by atoms with Crippen molar-refractivity contribution in [2.75, 3.05) is 26.3 Å². The second-order valence-corrected chi connectivity index (χ2v) is 3.56. The number of nitrogens with zero attached hydrogens (tertiary/aromatic N) is 1. The van der Waals surface area contributed by atoms with E-state index in [2.05, 4.69) is 0 Å². The molecule has 0 bridgehead atoms. The summed E-state index contributed by atoms with van der Waals surface area (Å²) in [6.45, 7) is -0.0350. The predicted molar refractivity (Wildman–Crippen MR) is 56.0 cm³/mol. The van der Waals surface area contributed by atoms with Gasteiger partial charge in [0.2, 0.25) is 5.91 Å². The molecule has 18 heavy (non-hydrogen) atoms. The summed E-state index contributed by atoms with van der Waals surface area (Å²) in [6.07, 6.45) is -4.50. The average molecular weight is 271 g/mol. The first-order valence-corrected chi connectivity index (χ1v) is 5.40. The molecule has 0 radical (unpaired) electrons. The van der Waals surface area contributed by atoms with Gasteiger partial charge in [-0.05, 0) is 13.3 Å². The van der Waals surface area contributed by atoms with Crippen molar-refractivity contribution in [3.63, 3.8) is 0 Å². The molecule has 0 atom stereocenters. The third-order valence-electron chi connectivity index (χ3n) is 1.93. The molecule has 0 rings (SSSR count). The van der Waals surface area contributed by atoms with Gasteiger partial charge in [-0.2, -0.15) is 13.2 Å². The summed E-state index contributed by atoms with van der Waals surface area (Å²) in [5.74, 6) is -2.31. The van der Waals surface area contributed by atoms with E-state index in [1.54, 1.807) is 6.92 Å². The number of rotatable bonds is 8. The Morgan fingerprint density at radius 3 is 2.39 bits per heavy atom. The molecule has 0 heterocycles. The van der Waals surface area contributed by atoms with Gasteiger partial charge in [-0.25, -0.2) is 0 Å². The van der Waals surface area contributed by atoms with E-state index >= 15 is 0 Å². The maximum Gasteiger partial charge on any atom is 0.406 e. The molecule has 0 aliphatic carbocycles. The molecule has 1 N–H and O–H groups in total. The first-order chi connectivity index (χ1) is 8.26. The number of carbonyl (C=O) groups is 2. The van der Waals surface area contributed by atoms with Crippen LogP contribution in [0, 0.1) is 0 Å². The largest absolute Gasteiger partial charge is 0.480 e. The van der Waals surface area contributed by atoms with Gasteiger partial charge in [0.25, 0.3) is 0 Å². The maximum atomic E-state index is 12.1. The van der Waals surface area contributed by atoms with E-state index in [-0.39, 0.29) is 24.3 Å². The SMILES string of the molecule is CCOCCCC(=O)N(CC(=O)O)CC(F)(F)F. The minimum atomic E-state index is -4.61. The lowest BCUT2D eigenvalue weighted by Gasteiger charge is -2.22. The van der Waals surface area contributed by atoms with Gasteiger partial charge in [0, 0.05) is 19.6 Å². The van der Waals surface area contributed by atoms with Crippen LogP contribution in [0.25, 0.3) is 0 Å². The molecule has 0 saturated heterocycles. The highest BCUT2D eigenvalue weighted by molar-refractivity contribution is 5.81. The minimum absolute atomic E-state index is 0.163. The highest BCUT2D eigenvalue weighted by Crippen LogP contribution is 2.17. The normalized spacial score (nSPS) is 11.3. The van der Waals surface area contributed by atoms with Crippen LogP contribution in [0.4, 0.5) is 13.2 Å². The van der Waals surface area contributed by atoms with Crippen molar-refractivity contribution in [3.8, 4) is 0 Å². The van der Waals surface area contributed by atoms with E-state index in [9.17, 15) is 22.8 Å². The molecular weight excluding hydrogens is 255 g/mol. The van der Waals surface area contributed by atoms with E-state index in [1.807, 2.05) is 0 Å². The van der Waals surface area contributed by atoms with Gasteiger partial charge in [0.05, 0.1) is 0 Å². The van der Waals surface area contributed by atoms with Crippen LogP contribution < -0.4 is 0 Å². The van der Waals surface area contributed by atoms with Crippen molar-refractivity contribution in [3.05, 3.63) is 0 Å². The lowest BCUT2D eigenvalue weighted by atomic mass is 10.2. The molecule has 0 aromatic heterocycles. The van der Waals surface area contributed by atoms with Gasteiger partial charge in [-0.1, -0.05) is 0 Å². The zero-order chi connectivity index (χ0) is 14.2. The topological polar surface area (TPSA) is 66.8 Å². The van der Waals surface area contributed by atoms with Crippen molar-refractivity contribution in [2.24, 2.45) is 0 Å². The maximum absolute atomic E-state index is 12.1. The number of hydrogen-bond acceptors (Lipinski definition) is 3. The van der Waals surface area contributed by atoms with Gasteiger partial charge in [0.1, 0.15) is 13.1 Å². The quantitative estimate of drug-likeness (QED) is 0.675. The Bertz CT molecular complexity index is 281. The average Bonchev–Trinajstić information content (AvgIpc) is 2.20. The number of carboxylic acid groups (broad SMARTS) is 1. The van der Waals surface area contributed by atoms with E-state index in [1.165, 1.54) is 0 Å². The molecule has 0 saturated carbocycles. The second kappa shape index (κ2) is 7.91. The van der Waals surface area contributed by atoms with Crippen LogP contribution in [-0.2, 0) is 14.3 Å². The van der Waals surface area contributed by atoms with Gasteiger partial charge >= 0.3 is 12.1 Å². The standard InChI is InChI=1S/C10H16F3NO4/c1-2-18-5-3-4-8(15)14(6-9(16)17)7-10(11,12)13/h2-7H2,1H3,(H,16,17). The Morgan fingerprint density at radius 1 is 1.33 bits per heavy atom. The molecule has 106 valence electrons. The summed E-state index contributed by atoms with van der Waals surface area (Å²) in [7, 11) is 0. The van der Waals surface area contributed by atoms with Crippen LogP contribution in [0.2, 0.25) is 0 Å². The number of halogens is 3. The smallest absolute Gasteiger partial charge is 0.406 e. The lowest BCUT2D eigenvalue weighted by molar-refractivity contribution is -0.165. The fourth-order valence-corrected chi connectivity index (χ4v) is 1.24. The molecule has 8 heteroatoms. The van der Waals surface area contributed by atoms with Gasteiger partial charge < -0.3 is 14.7 Å². The van der Waals surface area contributed by atoms with Gasteiger partial charge in [-0.3, -0.25) is 9.59 Å². The fraction of sp³-hybridized carbons (Fsp3) is 0.800. The Hall–Kier alpha value is -1.31. The molecule has 1 amide bonds. The number of aliphatic carboxylic acids is 1. The Kier molecular flexibility index (Phi) is 7.33. The summed E-state index contributed by atoms with van der Waals surface area (Å²) in [6, 6.07) is 0. The minimum Gasteiger partial charge on any atom is -0.480 e. The molecule has 0 unspecified atom stereocenters. The van der Waals surface area contributed by atoms with Crippen LogP contribution >= 0.6 is 0 Å². The van der Waals surface area contributed by atoms with Crippen LogP contribution in [0.15, 0.2) is 0 Å². The third-order valence-corrected chi connectivity index (χ3v) is 1.93. The first-order valence-electron chi connectivity index (χ1n) is 5.40. The monoisotopic (exact) mass is 271 g/mol. The predicted octanol–water partition coefficient (Wildman–Crippen LogP) is 1.28. The number of amides is 1. The van der Waals surface area contributed by atoms with Crippen molar-refractivity contribution in [1.82, 2.24) is 4.90 Å². The van der Waals surface area contributed by atoms with E-state index in [0.29, 0.717) is 6.61 Å². The Morgan fingerprint density at radius 2 is 1.94 bits per heavy atom. The lowest BCUT2D eigenvalue weighted by Crippen LogP contribution is -2.42. The van der Waals surface area contributed by atoms with Gasteiger partial charge in [0.15, 0.2) is 0 Å². The zero-order valence-electron chi connectivity index (χ0n) is 10.00. The molecule has 0 aromatic rings. The molecular formula is C10H16F3NO4. The molecule has 0 aromatic carbocycles. The van der Waals surface area contributed by atoms with Crippen LogP contribution in [0.5, 0.6) is 0 Å². The number of hydrogen-bond donors (Lipinski definition) is 1. The van der Waals surface area contributed by atoms with Crippen molar-refractivity contribution in [2.45, 2.75) is 25.9 Å². The van der Waals surface area contributed by atoms with Crippen LogP contribution in [0.1, 0.15) is 19.8 Å². The first kappa shape index (κ1) is 16.7. The van der Waals surface area contributed by atoms with Crippen molar-refractivity contribution < 1.29 is 32.6 Å². The van der Waals surface area contributed by atoms with Crippen LogP contribution in [-0.4, -0.2) is 54.4 Å². The van der Waals surface area contributed by atoms with E-state index in [4.69, 9.17) is 9.84 Å². The molecule has 0 fully saturated rings. The van der Waals surface area contributed by atoms with E-state index in [0.717, 1.165) is 0 Å². The zero-order valence-corrected chi connectivity index (χ0v) is 10.00. The number of ether oxygens (including phenoxy) is 1. The number of alkyl halides is 3. The van der Waals surface area contributed by atoms with Gasteiger partial charge in [-0.15, -0.1) is 0 Å². The Balaban J connectivity index is 4.27. The summed E-state index contributed by atoms with van der Waals surface area (Å²) >= 11 is 0. The molecule has 0 aliphatic heterocycles. The summed E-state index contributed by atoms with van der Waals surface area (Å²) in [5, 5.41) is 8.45. The highest BCUT2D eigenvalue weighted by Gasteiger charge is 2.33. The Labute approximate surface area is 103 Å². The summed E-state index contributed by atoms with van der Waals surface area (Å²) in [5.41, 5.74) is 0. The third kappa shape index (κ3) is 8.80. The van der Waals surface area contributed by atoms with E-state index < -0.39 is 31.1 Å². The number of carboxylic acids is 1. The van der Waals surface area contributed by atoms with Crippen molar-refractivity contribution in [1.29, 1.82) is 0 Å². The molecule has 0 spiro atoms. The summed E-state index contributed by atoms with van der Waals surface area (Å²) < 4.78 is 41.4. The number of carbonyl (C=O) groups excluding carboxylic acids is 1. The fourth-order valence-electron chi connectivity index (χ4n) is 1.24. The van der Waals surface area contributed by atoms with Crippen molar-refractivity contribution >= 4 is 11.9 Å².